The Morgan fingerprint density at radius 1 is 1.00 bits per heavy atom. The van der Waals surface area contributed by atoms with Crippen molar-refractivity contribution in [2.75, 3.05) is 40.0 Å². The van der Waals surface area contributed by atoms with Crippen molar-refractivity contribution in [3.63, 3.8) is 0 Å². The highest BCUT2D eigenvalue weighted by Gasteiger charge is 2.46. The van der Waals surface area contributed by atoms with Crippen LogP contribution in [0.2, 0.25) is 0 Å². The lowest BCUT2D eigenvalue weighted by Gasteiger charge is -2.31. The molecule has 0 amide bonds. The van der Waals surface area contributed by atoms with Crippen LogP contribution in [0.15, 0.2) is 54.6 Å². The van der Waals surface area contributed by atoms with Crippen LogP contribution in [-0.4, -0.2) is 63.0 Å². The van der Waals surface area contributed by atoms with Gasteiger partial charge in [-0.15, -0.1) is 0 Å². The summed E-state index contributed by atoms with van der Waals surface area (Å²) in [5.41, 5.74) is 0.843. The first-order valence-electron chi connectivity index (χ1n) is 9.31. The van der Waals surface area contributed by atoms with E-state index in [0.29, 0.717) is 32.1 Å². The van der Waals surface area contributed by atoms with Crippen LogP contribution >= 0.6 is 0 Å². The van der Waals surface area contributed by atoms with Gasteiger partial charge in [0.25, 0.3) is 0 Å². The van der Waals surface area contributed by atoms with Gasteiger partial charge in [0, 0.05) is 20.1 Å². The van der Waals surface area contributed by atoms with Crippen molar-refractivity contribution in [3.05, 3.63) is 60.2 Å². The van der Waals surface area contributed by atoms with E-state index in [-0.39, 0.29) is 6.61 Å². The molecule has 7 nitrogen and oxygen atoms in total. The van der Waals surface area contributed by atoms with Gasteiger partial charge in [-0.2, -0.15) is 9.37 Å². The SMILES string of the molecule is CN1OCC(S(=O)(=O)N2CCOCC2)C1c1cccc(Oc2ccccc2)c1. The molecule has 2 aromatic rings. The zero-order valence-electron chi connectivity index (χ0n) is 15.7. The molecular weight excluding hydrogens is 380 g/mol. The molecule has 150 valence electrons. The summed E-state index contributed by atoms with van der Waals surface area (Å²) in [5.74, 6) is 1.39. The topological polar surface area (TPSA) is 68.3 Å². The predicted octanol–water partition coefficient (Wildman–Crippen LogP) is 2.43. The van der Waals surface area contributed by atoms with Gasteiger partial charge >= 0.3 is 0 Å². The van der Waals surface area contributed by atoms with E-state index >= 15 is 0 Å². The Bertz CT molecular complexity index is 900. The number of morpholine rings is 1. The number of para-hydroxylation sites is 1. The molecular formula is C20H24N2O5S. The molecule has 2 heterocycles. The number of nitrogens with zero attached hydrogens (tertiary/aromatic N) is 2. The molecule has 2 aliphatic heterocycles. The van der Waals surface area contributed by atoms with Crippen LogP contribution in [-0.2, 0) is 19.6 Å². The summed E-state index contributed by atoms with van der Waals surface area (Å²) in [6.45, 7) is 1.74. The fraction of sp³-hybridized carbons (Fsp3) is 0.400. The highest BCUT2D eigenvalue weighted by Crippen LogP contribution is 2.36. The Kier molecular flexibility index (Phi) is 5.65. The van der Waals surface area contributed by atoms with Gasteiger partial charge in [-0.25, -0.2) is 8.42 Å². The van der Waals surface area contributed by atoms with E-state index in [2.05, 4.69) is 0 Å². The average molecular weight is 404 g/mol. The Hall–Kier alpha value is -1.97. The molecule has 2 aliphatic rings. The van der Waals surface area contributed by atoms with Crippen molar-refractivity contribution < 1.29 is 22.7 Å². The lowest BCUT2D eigenvalue weighted by Crippen LogP contribution is -2.47. The second kappa shape index (κ2) is 8.18. The van der Waals surface area contributed by atoms with Crippen LogP contribution in [0, 0.1) is 0 Å². The number of hydrogen-bond donors (Lipinski definition) is 0. The Morgan fingerprint density at radius 2 is 1.71 bits per heavy atom. The molecule has 2 saturated heterocycles. The van der Waals surface area contributed by atoms with E-state index in [1.165, 1.54) is 4.31 Å². The maximum atomic E-state index is 13.2. The van der Waals surface area contributed by atoms with Crippen molar-refractivity contribution in [3.8, 4) is 11.5 Å². The first kappa shape index (κ1) is 19.4. The van der Waals surface area contributed by atoms with Gasteiger partial charge in [-0.3, -0.25) is 4.84 Å². The molecule has 2 unspecified atom stereocenters. The summed E-state index contributed by atoms with van der Waals surface area (Å²) in [5, 5.41) is 0.951. The summed E-state index contributed by atoms with van der Waals surface area (Å²) in [4.78, 5) is 5.62. The number of hydroxylamine groups is 2. The van der Waals surface area contributed by atoms with E-state index in [1.54, 1.807) is 12.1 Å². The minimum Gasteiger partial charge on any atom is -0.457 e. The lowest BCUT2D eigenvalue weighted by molar-refractivity contribution is -0.110. The molecule has 2 fully saturated rings. The predicted molar refractivity (Wildman–Crippen MR) is 105 cm³/mol. The zero-order chi connectivity index (χ0) is 19.6. The van der Waals surface area contributed by atoms with Gasteiger partial charge in [-0.05, 0) is 29.8 Å². The molecule has 28 heavy (non-hydrogen) atoms. The van der Waals surface area contributed by atoms with Gasteiger partial charge in [0.05, 0.1) is 25.9 Å². The maximum absolute atomic E-state index is 13.2. The molecule has 0 radical (unpaired) electrons. The van der Waals surface area contributed by atoms with E-state index in [1.807, 2.05) is 54.6 Å². The van der Waals surface area contributed by atoms with Crippen LogP contribution in [0.25, 0.3) is 0 Å². The van der Waals surface area contributed by atoms with Crippen molar-refractivity contribution in [1.29, 1.82) is 0 Å². The molecule has 0 aromatic heterocycles. The summed E-state index contributed by atoms with van der Waals surface area (Å²) < 4.78 is 39.2. The van der Waals surface area contributed by atoms with Crippen LogP contribution in [0.1, 0.15) is 11.6 Å². The molecule has 2 aromatic carbocycles. The fourth-order valence-corrected chi connectivity index (χ4v) is 5.58. The van der Waals surface area contributed by atoms with E-state index in [4.69, 9.17) is 14.3 Å². The van der Waals surface area contributed by atoms with Gasteiger partial charge in [0.15, 0.2) is 0 Å². The molecule has 8 heteroatoms. The standard InChI is InChI=1S/C20H24N2O5S/c1-21-20(19(15-26-21)28(23,24)22-10-12-25-13-11-22)16-6-5-9-18(14-16)27-17-7-3-2-4-8-17/h2-9,14,19-20H,10-13,15H2,1H3. The van der Waals surface area contributed by atoms with Crippen molar-refractivity contribution in [2.24, 2.45) is 0 Å². The van der Waals surface area contributed by atoms with E-state index in [9.17, 15) is 8.42 Å². The third kappa shape index (κ3) is 3.92. The van der Waals surface area contributed by atoms with Gasteiger partial charge in [-0.1, -0.05) is 30.3 Å². The summed E-state index contributed by atoms with van der Waals surface area (Å²) in [7, 11) is -1.75. The third-order valence-corrected chi connectivity index (χ3v) is 7.32. The Labute approximate surface area is 165 Å². The Morgan fingerprint density at radius 3 is 2.46 bits per heavy atom. The van der Waals surface area contributed by atoms with Gasteiger partial charge in [0.2, 0.25) is 10.0 Å². The third-order valence-electron chi connectivity index (χ3n) is 5.08. The Balaban J connectivity index is 1.60. The molecule has 0 bridgehead atoms. The molecule has 0 aliphatic carbocycles. The largest absolute Gasteiger partial charge is 0.457 e. The van der Waals surface area contributed by atoms with Gasteiger partial charge in [0.1, 0.15) is 16.7 Å². The second-order valence-corrected chi connectivity index (χ2v) is 9.02. The van der Waals surface area contributed by atoms with Crippen LogP contribution in [0.3, 0.4) is 0 Å². The zero-order valence-corrected chi connectivity index (χ0v) is 16.5. The molecule has 4 rings (SSSR count). The highest BCUT2D eigenvalue weighted by molar-refractivity contribution is 7.89. The summed E-state index contributed by atoms with van der Waals surface area (Å²) in [6, 6.07) is 16.6. The minimum absolute atomic E-state index is 0.130. The number of rotatable bonds is 5. The monoisotopic (exact) mass is 404 g/mol. The average Bonchev–Trinajstić information content (AvgIpc) is 3.12. The fourth-order valence-electron chi connectivity index (χ4n) is 3.65. The number of hydrogen-bond acceptors (Lipinski definition) is 6. The first-order chi connectivity index (χ1) is 13.6. The normalized spacial score (nSPS) is 24.3. The molecule has 0 spiro atoms. The summed E-state index contributed by atoms with van der Waals surface area (Å²) in [6.07, 6.45) is 0. The van der Waals surface area contributed by atoms with Crippen LogP contribution in [0.5, 0.6) is 11.5 Å². The molecule has 0 N–H and O–H groups in total. The molecule has 2 atom stereocenters. The van der Waals surface area contributed by atoms with E-state index < -0.39 is 21.3 Å². The highest BCUT2D eigenvalue weighted by atomic mass is 32.2. The lowest BCUT2D eigenvalue weighted by atomic mass is 10.0. The van der Waals surface area contributed by atoms with Crippen molar-refractivity contribution in [1.82, 2.24) is 9.37 Å². The van der Waals surface area contributed by atoms with E-state index in [0.717, 1.165) is 11.3 Å². The summed E-state index contributed by atoms with van der Waals surface area (Å²) >= 11 is 0. The second-order valence-electron chi connectivity index (χ2n) is 6.87. The van der Waals surface area contributed by atoms with Crippen molar-refractivity contribution in [2.45, 2.75) is 11.3 Å². The van der Waals surface area contributed by atoms with Gasteiger partial charge < -0.3 is 9.47 Å². The van der Waals surface area contributed by atoms with Crippen LogP contribution < -0.4 is 4.74 Å². The van der Waals surface area contributed by atoms with Crippen molar-refractivity contribution >= 4 is 10.0 Å². The smallest absolute Gasteiger partial charge is 0.221 e. The van der Waals surface area contributed by atoms with Crippen LogP contribution in [0.4, 0.5) is 0 Å². The number of sulfonamides is 1. The minimum atomic E-state index is -3.52. The number of ether oxygens (including phenoxy) is 2. The maximum Gasteiger partial charge on any atom is 0.221 e. The number of benzene rings is 2. The first-order valence-corrected chi connectivity index (χ1v) is 10.8. The quantitative estimate of drug-likeness (QED) is 0.763. The molecule has 0 saturated carbocycles.